The maximum Gasteiger partial charge on any atom is 0.160 e. The van der Waals surface area contributed by atoms with Crippen LogP contribution in [0.3, 0.4) is 0 Å². The van der Waals surface area contributed by atoms with Gasteiger partial charge in [0, 0.05) is 24.9 Å². The van der Waals surface area contributed by atoms with E-state index in [0.29, 0.717) is 11.5 Å². The summed E-state index contributed by atoms with van der Waals surface area (Å²) >= 11 is 0. The van der Waals surface area contributed by atoms with Gasteiger partial charge in [-0.05, 0) is 48.2 Å². The van der Waals surface area contributed by atoms with E-state index in [1.165, 1.54) is 5.70 Å². The highest BCUT2D eigenvalue weighted by Gasteiger charge is 2.16. The Hall–Kier alpha value is -3.28. The first-order valence-corrected chi connectivity index (χ1v) is 9.10. The lowest BCUT2D eigenvalue weighted by Gasteiger charge is -2.13. The van der Waals surface area contributed by atoms with Gasteiger partial charge >= 0.3 is 0 Å². The number of hydrogen-bond acceptors (Lipinski definition) is 6. The molecule has 0 unspecified atom stereocenters. The highest BCUT2D eigenvalue weighted by atomic mass is 16.5. The molecule has 6 nitrogen and oxygen atoms in total. The molecule has 0 spiro atoms. The van der Waals surface area contributed by atoms with E-state index in [9.17, 15) is 10.2 Å². The van der Waals surface area contributed by atoms with Crippen molar-refractivity contribution >= 4 is 0 Å². The number of nitrogens with zero attached hydrogens (tertiary/aromatic N) is 1. The van der Waals surface area contributed by atoms with Crippen molar-refractivity contribution in [3.05, 3.63) is 71.1 Å². The number of allylic oxidation sites excluding steroid dienone is 2. The average Bonchev–Trinajstić information content (AvgIpc) is 3.06. The molecule has 0 aliphatic carbocycles. The monoisotopic (exact) mass is 382 g/mol. The third kappa shape index (κ3) is 4.52. The highest BCUT2D eigenvalue weighted by Crippen LogP contribution is 2.28. The number of phenolic OH excluding ortho intramolecular Hbond substituents is 2. The second kappa shape index (κ2) is 8.61. The lowest BCUT2D eigenvalue weighted by atomic mass is 10.1. The summed E-state index contributed by atoms with van der Waals surface area (Å²) in [5.74, 6) is 1.26. The van der Waals surface area contributed by atoms with Gasteiger partial charge in [-0.1, -0.05) is 24.3 Å². The fourth-order valence-electron chi connectivity index (χ4n) is 3.14. The number of benzene rings is 2. The molecule has 28 heavy (non-hydrogen) atoms. The van der Waals surface area contributed by atoms with Gasteiger partial charge in [-0.3, -0.25) is 5.01 Å². The van der Waals surface area contributed by atoms with Gasteiger partial charge < -0.3 is 25.1 Å². The average molecular weight is 382 g/mol. The van der Waals surface area contributed by atoms with E-state index in [2.05, 4.69) is 17.6 Å². The number of nitrogens with one attached hydrogen (secondary N) is 1. The first kappa shape index (κ1) is 19.5. The van der Waals surface area contributed by atoms with Crippen LogP contribution < -0.4 is 14.9 Å². The standard InChI is InChI=1S/C22H26N2O4/c1-24-18(9-5-16-7-11-20(26)22(13-16)28-3)14-17(23-24)8-4-15-6-10-19(25)21(12-15)27-2/h6-13,23,25-26H,4-5,14H2,1-3H3. The number of aromatic hydroxyl groups is 2. The Kier molecular flexibility index (Phi) is 5.99. The van der Waals surface area contributed by atoms with Crippen LogP contribution in [0, 0.1) is 0 Å². The summed E-state index contributed by atoms with van der Waals surface area (Å²) in [5.41, 5.74) is 7.82. The summed E-state index contributed by atoms with van der Waals surface area (Å²) in [5, 5.41) is 21.4. The van der Waals surface area contributed by atoms with Gasteiger partial charge in [0.1, 0.15) is 0 Å². The van der Waals surface area contributed by atoms with Crippen LogP contribution in [-0.4, -0.2) is 36.5 Å². The van der Waals surface area contributed by atoms with Crippen LogP contribution in [0.2, 0.25) is 0 Å². The predicted molar refractivity (Wildman–Crippen MR) is 108 cm³/mol. The van der Waals surface area contributed by atoms with Crippen LogP contribution >= 0.6 is 0 Å². The summed E-state index contributed by atoms with van der Waals surface area (Å²) in [6, 6.07) is 10.8. The van der Waals surface area contributed by atoms with Gasteiger partial charge in [0.2, 0.25) is 0 Å². The van der Waals surface area contributed by atoms with Gasteiger partial charge in [0.05, 0.1) is 14.2 Å². The second-order valence-corrected chi connectivity index (χ2v) is 6.69. The lowest BCUT2D eigenvalue weighted by Crippen LogP contribution is -2.24. The summed E-state index contributed by atoms with van der Waals surface area (Å²) in [6.07, 6.45) is 6.63. The number of ether oxygens (including phenoxy) is 2. The number of rotatable bonds is 6. The Morgan fingerprint density at radius 2 is 1.46 bits per heavy atom. The molecule has 3 N–H and O–H groups in total. The van der Waals surface area contributed by atoms with Crippen LogP contribution in [0.25, 0.3) is 0 Å². The number of methoxy groups -OCH3 is 2. The molecule has 148 valence electrons. The molecular formula is C22H26N2O4. The minimum atomic E-state index is 0.147. The van der Waals surface area contributed by atoms with Crippen LogP contribution in [0.15, 0.2) is 59.9 Å². The van der Waals surface area contributed by atoms with E-state index in [1.54, 1.807) is 26.4 Å². The van der Waals surface area contributed by atoms with E-state index in [0.717, 1.165) is 36.1 Å². The Morgan fingerprint density at radius 3 is 2.00 bits per heavy atom. The zero-order chi connectivity index (χ0) is 20.1. The molecule has 0 bridgehead atoms. The smallest absolute Gasteiger partial charge is 0.160 e. The second-order valence-electron chi connectivity index (χ2n) is 6.69. The minimum Gasteiger partial charge on any atom is -0.504 e. The van der Waals surface area contributed by atoms with Crippen molar-refractivity contribution in [1.29, 1.82) is 0 Å². The zero-order valence-corrected chi connectivity index (χ0v) is 16.4. The van der Waals surface area contributed by atoms with Crippen molar-refractivity contribution in [2.45, 2.75) is 19.3 Å². The van der Waals surface area contributed by atoms with Crippen molar-refractivity contribution in [2.75, 3.05) is 21.3 Å². The summed E-state index contributed by atoms with van der Waals surface area (Å²) in [4.78, 5) is 0. The maximum absolute atomic E-state index is 9.70. The molecule has 3 rings (SSSR count). The molecule has 6 heteroatoms. The van der Waals surface area contributed by atoms with Crippen molar-refractivity contribution in [3.63, 3.8) is 0 Å². The fourth-order valence-corrected chi connectivity index (χ4v) is 3.14. The molecule has 2 aromatic carbocycles. The molecule has 0 radical (unpaired) electrons. The number of hydrogen-bond donors (Lipinski definition) is 3. The van der Waals surface area contributed by atoms with Gasteiger partial charge in [0.25, 0.3) is 0 Å². The normalized spacial score (nSPS) is 16.5. The SMILES string of the molecule is COc1cc(CC=C2CC(=CCc3ccc(O)c(OC)c3)N(C)N2)ccc1O. The Morgan fingerprint density at radius 1 is 0.929 bits per heavy atom. The van der Waals surface area contributed by atoms with E-state index in [-0.39, 0.29) is 11.5 Å². The van der Waals surface area contributed by atoms with Gasteiger partial charge in [-0.15, -0.1) is 0 Å². The Balaban J connectivity index is 1.65. The molecule has 0 saturated carbocycles. The summed E-state index contributed by atoms with van der Waals surface area (Å²) < 4.78 is 10.3. The molecule has 1 heterocycles. The minimum absolute atomic E-state index is 0.147. The predicted octanol–water partition coefficient (Wildman–Crippen LogP) is 3.51. The molecule has 1 fully saturated rings. The third-order valence-corrected chi connectivity index (χ3v) is 4.76. The Labute approximate surface area is 165 Å². The zero-order valence-electron chi connectivity index (χ0n) is 16.4. The molecule has 1 aliphatic heterocycles. The highest BCUT2D eigenvalue weighted by molar-refractivity contribution is 5.43. The van der Waals surface area contributed by atoms with Crippen LogP contribution in [-0.2, 0) is 12.8 Å². The molecule has 0 amide bonds. The molecular weight excluding hydrogens is 356 g/mol. The van der Waals surface area contributed by atoms with Crippen molar-refractivity contribution in [3.8, 4) is 23.0 Å². The van der Waals surface area contributed by atoms with Crippen LogP contribution in [0.5, 0.6) is 23.0 Å². The lowest BCUT2D eigenvalue weighted by molar-refractivity contribution is 0.373. The third-order valence-electron chi connectivity index (χ3n) is 4.76. The number of phenols is 2. The van der Waals surface area contributed by atoms with Gasteiger partial charge in [-0.25, -0.2) is 0 Å². The molecule has 1 aliphatic rings. The molecule has 1 saturated heterocycles. The van der Waals surface area contributed by atoms with E-state index in [1.807, 2.05) is 36.3 Å². The van der Waals surface area contributed by atoms with Crippen molar-refractivity contribution < 1.29 is 19.7 Å². The van der Waals surface area contributed by atoms with Crippen molar-refractivity contribution in [2.24, 2.45) is 0 Å². The summed E-state index contributed by atoms with van der Waals surface area (Å²) in [6.45, 7) is 0. The van der Waals surface area contributed by atoms with E-state index < -0.39 is 0 Å². The van der Waals surface area contributed by atoms with Gasteiger partial charge in [-0.2, -0.15) is 0 Å². The molecule has 0 aromatic heterocycles. The van der Waals surface area contributed by atoms with E-state index in [4.69, 9.17) is 9.47 Å². The fraction of sp³-hybridized carbons (Fsp3) is 0.273. The molecule has 0 atom stereocenters. The van der Waals surface area contributed by atoms with Gasteiger partial charge in [0.15, 0.2) is 23.0 Å². The Bertz CT molecular complexity index is 905. The quantitative estimate of drug-likeness (QED) is 0.710. The van der Waals surface area contributed by atoms with Crippen LogP contribution in [0.4, 0.5) is 0 Å². The first-order valence-electron chi connectivity index (χ1n) is 9.10. The van der Waals surface area contributed by atoms with Crippen LogP contribution in [0.1, 0.15) is 17.5 Å². The maximum atomic E-state index is 9.70. The summed E-state index contributed by atoms with van der Waals surface area (Å²) in [7, 11) is 5.09. The topological polar surface area (TPSA) is 74.2 Å². The number of hydrazine groups is 1. The molecule has 2 aromatic rings. The van der Waals surface area contributed by atoms with E-state index >= 15 is 0 Å². The first-order chi connectivity index (χ1) is 13.5. The largest absolute Gasteiger partial charge is 0.504 e. The van der Waals surface area contributed by atoms with Crippen molar-refractivity contribution in [1.82, 2.24) is 10.4 Å².